The Morgan fingerprint density at radius 2 is 1.80 bits per heavy atom. The zero-order valence-corrected chi connectivity index (χ0v) is 18.4. The van der Waals surface area contributed by atoms with Gasteiger partial charge in [0.25, 0.3) is 11.8 Å². The Balaban J connectivity index is 2.19. The van der Waals surface area contributed by atoms with Gasteiger partial charge in [-0.2, -0.15) is 0 Å². The second-order valence-electron chi connectivity index (χ2n) is 7.06. The molecule has 160 valence electrons. The van der Waals surface area contributed by atoms with Gasteiger partial charge >= 0.3 is 0 Å². The molecule has 1 aromatic carbocycles. The van der Waals surface area contributed by atoms with Crippen molar-refractivity contribution in [2.24, 2.45) is 5.73 Å². The van der Waals surface area contributed by atoms with Crippen LogP contribution in [0.15, 0.2) is 36.4 Å². The minimum Gasteiger partial charge on any atom is -0.339 e. The molecule has 0 aliphatic rings. The van der Waals surface area contributed by atoms with Gasteiger partial charge in [-0.25, -0.2) is 13.9 Å². The van der Waals surface area contributed by atoms with Gasteiger partial charge in [0, 0.05) is 28.8 Å². The van der Waals surface area contributed by atoms with Gasteiger partial charge in [0.2, 0.25) is 0 Å². The highest BCUT2D eigenvalue weighted by atomic mass is 32.2. The molecule has 2 rings (SSSR count). The summed E-state index contributed by atoms with van der Waals surface area (Å²) in [4.78, 5) is 26.5. The molecule has 2 aromatic rings. The second kappa shape index (κ2) is 9.40. The highest BCUT2D eigenvalue weighted by Crippen LogP contribution is 2.21. The van der Waals surface area contributed by atoms with Crippen molar-refractivity contribution in [2.75, 3.05) is 6.26 Å². The molecule has 0 radical (unpaired) electrons. The molecule has 0 saturated heterocycles. The van der Waals surface area contributed by atoms with Crippen LogP contribution in [0, 0.1) is 11.8 Å². The van der Waals surface area contributed by atoms with Gasteiger partial charge < -0.3 is 11.1 Å². The van der Waals surface area contributed by atoms with Crippen LogP contribution < -0.4 is 16.5 Å². The zero-order chi connectivity index (χ0) is 22.5. The molecular weight excluding hydrogens is 426 g/mol. The van der Waals surface area contributed by atoms with E-state index in [4.69, 9.17) is 10.9 Å². The van der Waals surface area contributed by atoms with Crippen LogP contribution in [0.4, 0.5) is 0 Å². The first-order valence-corrected chi connectivity index (χ1v) is 11.6. The Hall–Kier alpha value is -2.71. The van der Waals surface area contributed by atoms with Crippen LogP contribution in [0.1, 0.15) is 39.5 Å². The van der Waals surface area contributed by atoms with E-state index in [1.165, 1.54) is 42.8 Å². The summed E-state index contributed by atoms with van der Waals surface area (Å²) in [6.45, 7) is 3.05. The van der Waals surface area contributed by atoms with Crippen LogP contribution in [0.3, 0.4) is 0 Å². The lowest BCUT2D eigenvalue weighted by atomic mass is 10.0. The summed E-state index contributed by atoms with van der Waals surface area (Å²) < 4.78 is 22.5. The molecule has 0 aliphatic carbocycles. The molecule has 1 aromatic heterocycles. The van der Waals surface area contributed by atoms with Crippen molar-refractivity contribution in [3.05, 3.63) is 57.3 Å². The Morgan fingerprint density at radius 1 is 1.17 bits per heavy atom. The SMILES string of the molecule is CC(C)(C(NC(=O)c1ccc(C#Cc2ccc(CN)s2)cc1)C(=O)NO)S(C)(=O)=O. The van der Waals surface area contributed by atoms with E-state index in [1.54, 1.807) is 12.1 Å². The van der Waals surface area contributed by atoms with E-state index >= 15 is 0 Å². The lowest BCUT2D eigenvalue weighted by molar-refractivity contribution is -0.131. The van der Waals surface area contributed by atoms with E-state index < -0.39 is 32.4 Å². The van der Waals surface area contributed by atoms with Gasteiger partial charge in [-0.05, 0) is 50.2 Å². The third-order valence-electron chi connectivity index (χ3n) is 4.64. The number of amides is 2. The van der Waals surface area contributed by atoms with Gasteiger partial charge in [-0.3, -0.25) is 14.8 Å². The monoisotopic (exact) mass is 449 g/mol. The fourth-order valence-corrected chi connectivity index (χ4v) is 3.78. The number of hydrogen-bond acceptors (Lipinski definition) is 7. The summed E-state index contributed by atoms with van der Waals surface area (Å²) in [7, 11) is -3.74. The highest BCUT2D eigenvalue weighted by molar-refractivity contribution is 7.92. The minimum absolute atomic E-state index is 0.210. The number of carbonyl (C=O) groups excluding carboxylic acids is 2. The molecule has 1 atom stereocenters. The predicted octanol–water partition coefficient (Wildman–Crippen LogP) is 1.03. The van der Waals surface area contributed by atoms with Crippen molar-refractivity contribution in [2.45, 2.75) is 31.2 Å². The van der Waals surface area contributed by atoms with E-state index in [9.17, 15) is 18.0 Å². The average Bonchev–Trinajstić information content (AvgIpc) is 3.17. The summed E-state index contributed by atoms with van der Waals surface area (Å²) >= 11 is 1.51. The topological polar surface area (TPSA) is 139 Å². The molecular formula is C20H23N3O5S2. The summed E-state index contributed by atoms with van der Waals surface area (Å²) in [5.41, 5.74) is 7.87. The quantitative estimate of drug-likeness (QED) is 0.295. The lowest BCUT2D eigenvalue weighted by Crippen LogP contribution is -2.60. The maximum absolute atomic E-state index is 12.6. The molecule has 0 fully saturated rings. The van der Waals surface area contributed by atoms with Gasteiger partial charge in [0.15, 0.2) is 9.84 Å². The van der Waals surface area contributed by atoms with Crippen LogP contribution >= 0.6 is 11.3 Å². The number of sulfone groups is 1. The highest BCUT2D eigenvalue weighted by Gasteiger charge is 2.44. The molecule has 8 nitrogen and oxygen atoms in total. The van der Waals surface area contributed by atoms with Crippen LogP contribution in [0.2, 0.25) is 0 Å². The standard InChI is InChI=1S/C20H23N3O5S2/c1-20(2,30(3,27)28)17(19(25)23-26)22-18(24)14-7-4-13(5-8-14)6-9-15-10-11-16(12-21)29-15/h4-5,7-8,10-11,17,26H,12,21H2,1-3H3,(H,22,24)(H,23,25). The second-order valence-corrected chi connectivity index (χ2v) is 10.8. The van der Waals surface area contributed by atoms with Crippen molar-refractivity contribution >= 4 is 33.0 Å². The molecule has 2 amide bonds. The molecule has 30 heavy (non-hydrogen) atoms. The number of rotatable bonds is 6. The van der Waals surface area contributed by atoms with Gasteiger partial charge in [-0.1, -0.05) is 11.8 Å². The van der Waals surface area contributed by atoms with Crippen molar-refractivity contribution in [3.8, 4) is 11.8 Å². The predicted molar refractivity (Wildman–Crippen MR) is 115 cm³/mol. The van der Waals surface area contributed by atoms with Gasteiger partial charge in [-0.15, -0.1) is 11.3 Å². The van der Waals surface area contributed by atoms with E-state index in [0.717, 1.165) is 16.0 Å². The molecule has 5 N–H and O–H groups in total. The first-order valence-electron chi connectivity index (χ1n) is 8.85. The number of thiophene rings is 1. The van der Waals surface area contributed by atoms with E-state index in [2.05, 4.69) is 17.2 Å². The van der Waals surface area contributed by atoms with Crippen molar-refractivity contribution in [1.29, 1.82) is 0 Å². The number of hydroxylamine groups is 1. The first-order chi connectivity index (χ1) is 14.0. The maximum Gasteiger partial charge on any atom is 0.267 e. The third-order valence-corrected chi connectivity index (χ3v) is 7.81. The smallest absolute Gasteiger partial charge is 0.267 e. The molecule has 10 heteroatoms. The third kappa shape index (κ3) is 5.46. The fraction of sp³-hybridized carbons (Fsp3) is 0.300. The molecule has 0 aliphatic heterocycles. The molecule has 1 unspecified atom stereocenters. The summed E-state index contributed by atoms with van der Waals surface area (Å²) in [6.07, 6.45) is 0.953. The average molecular weight is 450 g/mol. The van der Waals surface area contributed by atoms with Crippen LogP contribution in [0.5, 0.6) is 0 Å². The van der Waals surface area contributed by atoms with Gasteiger partial charge in [0.05, 0.1) is 9.62 Å². The van der Waals surface area contributed by atoms with Crippen molar-refractivity contribution in [3.63, 3.8) is 0 Å². The number of benzene rings is 1. The maximum atomic E-state index is 12.6. The molecule has 0 saturated carbocycles. The minimum atomic E-state index is -3.74. The number of nitrogens with two attached hydrogens (primary N) is 1. The Labute approximate surface area is 179 Å². The largest absolute Gasteiger partial charge is 0.339 e. The number of carbonyl (C=O) groups is 2. The number of hydrogen-bond donors (Lipinski definition) is 4. The first kappa shape index (κ1) is 23.6. The molecule has 0 bridgehead atoms. The van der Waals surface area contributed by atoms with Crippen molar-refractivity contribution in [1.82, 2.24) is 10.8 Å². The fourth-order valence-electron chi connectivity index (χ4n) is 2.44. The van der Waals surface area contributed by atoms with E-state index in [1.807, 2.05) is 12.1 Å². The lowest BCUT2D eigenvalue weighted by Gasteiger charge is -2.31. The Bertz CT molecular complexity index is 1090. The molecule has 1 heterocycles. The Kier molecular flexibility index (Phi) is 7.39. The van der Waals surface area contributed by atoms with E-state index in [0.29, 0.717) is 12.1 Å². The summed E-state index contributed by atoms with van der Waals surface area (Å²) in [5, 5.41) is 11.3. The van der Waals surface area contributed by atoms with Gasteiger partial charge in [0.1, 0.15) is 6.04 Å². The molecule has 0 spiro atoms. The van der Waals surface area contributed by atoms with Crippen LogP contribution in [-0.4, -0.2) is 42.5 Å². The van der Waals surface area contributed by atoms with E-state index in [-0.39, 0.29) is 5.56 Å². The summed E-state index contributed by atoms with van der Waals surface area (Å²) in [6, 6.07) is 8.61. The van der Waals surface area contributed by atoms with Crippen molar-refractivity contribution < 1.29 is 23.2 Å². The Morgan fingerprint density at radius 3 is 2.30 bits per heavy atom. The summed E-state index contributed by atoms with van der Waals surface area (Å²) in [5.74, 6) is 4.31. The zero-order valence-electron chi connectivity index (χ0n) is 16.7. The van der Waals surface area contributed by atoms with Crippen LogP contribution in [-0.2, 0) is 21.2 Å². The van der Waals surface area contributed by atoms with Crippen LogP contribution in [0.25, 0.3) is 0 Å². The number of nitrogens with one attached hydrogen (secondary N) is 2. The normalized spacial score (nSPS) is 12.4.